The van der Waals surface area contributed by atoms with Gasteiger partial charge in [0, 0.05) is 37.6 Å². The Labute approximate surface area is 376 Å². The van der Waals surface area contributed by atoms with Gasteiger partial charge in [-0.3, -0.25) is 39.0 Å². The van der Waals surface area contributed by atoms with Gasteiger partial charge in [0.15, 0.2) is 0 Å². The number of aromatic nitrogens is 10. The molecule has 66 heavy (non-hydrogen) atoms. The van der Waals surface area contributed by atoms with Crippen molar-refractivity contribution in [3.8, 4) is 23.4 Å². The molecule has 0 aromatic carbocycles. The maximum Gasteiger partial charge on any atom is 0.313 e. The number of methoxy groups -OCH3 is 2. The Hall–Kier alpha value is -8.44. The number of hydrogen-bond acceptors (Lipinski definition) is 14. The van der Waals surface area contributed by atoms with E-state index in [0.717, 1.165) is 12.8 Å². The van der Waals surface area contributed by atoms with Crippen LogP contribution < -0.4 is 31.6 Å². The van der Waals surface area contributed by atoms with Crippen LogP contribution in [0.1, 0.15) is 83.7 Å². The first-order valence-corrected chi connectivity index (χ1v) is 20.8. The van der Waals surface area contributed by atoms with Crippen LogP contribution in [0.15, 0.2) is 73.6 Å². The monoisotopic (exact) mass is 904 g/mol. The zero-order valence-electron chi connectivity index (χ0n) is 36.4. The molecule has 2 aliphatic heterocycles. The van der Waals surface area contributed by atoms with Crippen molar-refractivity contribution in [3.63, 3.8) is 0 Å². The molecule has 8 N–H and O–H groups in total. The molecule has 2 aliphatic rings. The molecule has 8 heterocycles. The van der Waals surface area contributed by atoms with Crippen molar-refractivity contribution in [2.45, 2.75) is 51.6 Å². The van der Waals surface area contributed by atoms with E-state index < -0.39 is 35.4 Å². The molecule has 6 aromatic heterocycles. The summed E-state index contributed by atoms with van der Waals surface area (Å²) in [4.78, 5) is 86.1. The molecule has 4 atom stereocenters. The molecule has 24 heteroatoms. The van der Waals surface area contributed by atoms with Crippen molar-refractivity contribution in [1.82, 2.24) is 59.7 Å². The van der Waals surface area contributed by atoms with E-state index in [-0.39, 0.29) is 58.2 Å². The first kappa shape index (κ1) is 45.6. The number of ether oxygens (including phenoxy) is 2. The summed E-state index contributed by atoms with van der Waals surface area (Å²) in [6, 6.07) is 9.15. The lowest BCUT2D eigenvalue weighted by Crippen LogP contribution is -2.46. The van der Waals surface area contributed by atoms with Gasteiger partial charge in [0.05, 0.1) is 73.9 Å². The standard InChI is InChI=1S/2C21H24N8O4/c2*1-12-3-4-16(15-6-8-29(27-15)17-5-7-24-26-17)28(11-12)21(32)19(31)25-13-9-14(18(22)30)20(33-2)23-10-13/h2*5-10,12,16H,3-4,11H2,1-2H3,(H2,22,30)(H,24,26)(H,25,31)/t2*12-,16+/m10/s1. The second kappa shape index (κ2) is 19.9. The molecule has 2 fully saturated rings. The summed E-state index contributed by atoms with van der Waals surface area (Å²) in [5.41, 5.74) is 12.4. The largest absolute Gasteiger partial charge is 0.480 e. The van der Waals surface area contributed by atoms with Gasteiger partial charge < -0.3 is 41.4 Å². The second-order valence-corrected chi connectivity index (χ2v) is 15.8. The number of H-pyrrole nitrogens is 2. The Balaban J connectivity index is 0.000000196. The maximum absolute atomic E-state index is 13.1. The number of nitrogens with one attached hydrogen (secondary N) is 4. The lowest BCUT2D eigenvalue weighted by Gasteiger charge is -2.37. The Morgan fingerprint density at radius 1 is 0.636 bits per heavy atom. The fourth-order valence-corrected chi connectivity index (χ4v) is 7.77. The van der Waals surface area contributed by atoms with Crippen LogP contribution >= 0.6 is 0 Å². The number of hydrogen-bond donors (Lipinski definition) is 6. The predicted molar refractivity (Wildman–Crippen MR) is 233 cm³/mol. The summed E-state index contributed by atoms with van der Waals surface area (Å²) in [5.74, 6) is -2.69. The van der Waals surface area contributed by atoms with Gasteiger partial charge in [-0.2, -0.15) is 20.4 Å². The Bertz CT molecular complexity index is 2530. The number of carbonyl (C=O) groups excluding carboxylic acids is 6. The zero-order chi connectivity index (χ0) is 47.1. The summed E-state index contributed by atoms with van der Waals surface area (Å²) in [6.45, 7) is 4.90. The van der Waals surface area contributed by atoms with Crippen molar-refractivity contribution in [2.24, 2.45) is 23.3 Å². The van der Waals surface area contributed by atoms with E-state index in [4.69, 9.17) is 20.9 Å². The van der Waals surface area contributed by atoms with E-state index in [0.29, 0.717) is 49.0 Å². The third kappa shape index (κ3) is 10.2. The molecule has 0 aliphatic carbocycles. The molecule has 24 nitrogen and oxygen atoms in total. The average molecular weight is 905 g/mol. The normalized spacial score (nSPS) is 18.1. The summed E-state index contributed by atoms with van der Waals surface area (Å²) >= 11 is 0. The van der Waals surface area contributed by atoms with Crippen molar-refractivity contribution < 1.29 is 38.2 Å². The van der Waals surface area contributed by atoms with E-state index in [9.17, 15) is 28.8 Å². The highest BCUT2D eigenvalue weighted by Crippen LogP contribution is 2.34. The first-order valence-electron chi connectivity index (χ1n) is 20.8. The van der Waals surface area contributed by atoms with E-state index in [1.807, 2.05) is 26.0 Å². The van der Waals surface area contributed by atoms with Crippen LogP contribution in [0, 0.1) is 11.8 Å². The number of anilines is 2. The highest BCUT2D eigenvalue weighted by atomic mass is 16.5. The van der Waals surface area contributed by atoms with E-state index >= 15 is 0 Å². The number of pyridine rings is 2. The van der Waals surface area contributed by atoms with E-state index in [2.05, 4.69) is 51.2 Å². The van der Waals surface area contributed by atoms with Crippen LogP contribution in [0.3, 0.4) is 0 Å². The van der Waals surface area contributed by atoms with Crippen LogP contribution in [0.25, 0.3) is 11.6 Å². The van der Waals surface area contributed by atoms with Gasteiger partial charge in [-0.1, -0.05) is 13.8 Å². The van der Waals surface area contributed by atoms with Gasteiger partial charge in [0.2, 0.25) is 11.8 Å². The van der Waals surface area contributed by atoms with Gasteiger partial charge in [0.1, 0.15) is 22.8 Å². The number of likely N-dealkylation sites (tertiary alicyclic amines) is 2. The number of primary amides is 2. The summed E-state index contributed by atoms with van der Waals surface area (Å²) in [6.07, 6.45) is 12.5. The molecule has 0 unspecified atom stereocenters. The first-order chi connectivity index (χ1) is 31.7. The molecule has 0 spiro atoms. The number of rotatable bonds is 10. The number of nitrogens with two attached hydrogens (primary N) is 2. The van der Waals surface area contributed by atoms with Crippen LogP contribution in [-0.2, 0) is 19.2 Å². The molecule has 344 valence electrons. The second-order valence-electron chi connectivity index (χ2n) is 15.8. The summed E-state index contributed by atoms with van der Waals surface area (Å²) < 4.78 is 13.3. The molecule has 2 saturated heterocycles. The third-order valence-corrected chi connectivity index (χ3v) is 11.0. The highest BCUT2D eigenvalue weighted by molar-refractivity contribution is 6.40. The number of aromatic amines is 2. The van der Waals surface area contributed by atoms with Crippen molar-refractivity contribution in [1.29, 1.82) is 0 Å². The van der Waals surface area contributed by atoms with Gasteiger partial charge in [-0.15, -0.1) is 0 Å². The average Bonchev–Trinajstić information content (AvgIpc) is 4.17. The molecule has 6 aromatic rings. The minimum absolute atomic E-state index is 0.00318. The number of amides is 6. The summed E-state index contributed by atoms with van der Waals surface area (Å²) in [7, 11) is 2.70. The molecular weight excluding hydrogens is 857 g/mol. The van der Waals surface area contributed by atoms with E-state index in [1.54, 1.807) is 46.3 Å². The third-order valence-electron chi connectivity index (χ3n) is 11.0. The maximum atomic E-state index is 13.1. The van der Waals surface area contributed by atoms with Crippen molar-refractivity contribution in [3.05, 3.63) is 96.1 Å². The number of carbonyl (C=O) groups is 6. The van der Waals surface area contributed by atoms with Gasteiger partial charge in [0.25, 0.3) is 11.8 Å². The number of nitrogens with zero attached hydrogens (tertiary/aromatic N) is 10. The predicted octanol–water partition coefficient (Wildman–Crippen LogP) is 2.07. The molecule has 8 rings (SSSR count). The zero-order valence-corrected chi connectivity index (χ0v) is 36.4. The fraction of sp³-hybridized carbons (Fsp3) is 0.333. The lowest BCUT2D eigenvalue weighted by atomic mass is 9.92. The Morgan fingerprint density at radius 2 is 1.05 bits per heavy atom. The van der Waals surface area contributed by atoms with Crippen LogP contribution in [0.4, 0.5) is 11.4 Å². The van der Waals surface area contributed by atoms with E-state index in [1.165, 1.54) is 48.5 Å². The molecule has 0 radical (unpaired) electrons. The van der Waals surface area contributed by atoms with Crippen molar-refractivity contribution in [2.75, 3.05) is 37.9 Å². The smallest absolute Gasteiger partial charge is 0.313 e. The molecule has 0 bridgehead atoms. The Morgan fingerprint density at radius 3 is 1.39 bits per heavy atom. The van der Waals surface area contributed by atoms with Gasteiger partial charge in [-0.25, -0.2) is 19.3 Å². The van der Waals surface area contributed by atoms with Crippen molar-refractivity contribution >= 4 is 46.8 Å². The lowest BCUT2D eigenvalue weighted by molar-refractivity contribution is -0.146. The topological polar surface area (TPSA) is 322 Å². The highest BCUT2D eigenvalue weighted by Gasteiger charge is 2.37. The minimum Gasteiger partial charge on any atom is -0.480 e. The van der Waals surface area contributed by atoms with Gasteiger partial charge >= 0.3 is 23.6 Å². The number of piperidine rings is 2. The SMILES string of the molecule is COc1ncc(NC(=O)C(=O)N2C[C@@H](C)CC[C@@H]2c2ccn(-c3ccn[nH]3)n2)cc1C(N)=O.COc1ncc(NC(=O)C(=O)N2C[C@H](C)CC[C@H]2c2ccn(-c3ccn[nH]3)n2)cc1C(N)=O. The summed E-state index contributed by atoms with van der Waals surface area (Å²) in [5, 5.41) is 27.7. The quantitative estimate of drug-likeness (QED) is 0.107. The Kier molecular flexibility index (Phi) is 13.8. The molecule has 6 amide bonds. The fourth-order valence-electron chi connectivity index (χ4n) is 7.77. The molecular formula is C42H48N16O8. The van der Waals surface area contributed by atoms with Gasteiger partial charge in [-0.05, 0) is 61.8 Å². The molecule has 0 saturated carbocycles. The minimum atomic E-state index is -0.843. The van der Waals surface area contributed by atoms with Crippen LogP contribution in [-0.4, -0.2) is 122 Å². The van der Waals surface area contributed by atoms with Crippen LogP contribution in [0.5, 0.6) is 11.8 Å². The van der Waals surface area contributed by atoms with Crippen LogP contribution in [0.2, 0.25) is 0 Å².